The van der Waals surface area contributed by atoms with Crippen LogP contribution in [0.2, 0.25) is 0 Å². The summed E-state index contributed by atoms with van der Waals surface area (Å²) < 4.78 is 16.8. The maximum Gasteiger partial charge on any atom is 0.410 e. The third-order valence-corrected chi connectivity index (χ3v) is 6.68. The van der Waals surface area contributed by atoms with Crippen molar-refractivity contribution in [3.8, 4) is 11.5 Å². The Kier molecular flexibility index (Phi) is 4.23. The van der Waals surface area contributed by atoms with Crippen LogP contribution in [0.3, 0.4) is 0 Å². The lowest BCUT2D eigenvalue weighted by molar-refractivity contribution is -0.0111. The van der Waals surface area contributed by atoms with Gasteiger partial charge in [0.25, 0.3) is 0 Å². The Morgan fingerprint density at radius 2 is 1.89 bits per heavy atom. The van der Waals surface area contributed by atoms with E-state index in [9.17, 15) is 4.79 Å². The van der Waals surface area contributed by atoms with Gasteiger partial charge in [0.05, 0.1) is 12.6 Å². The lowest BCUT2D eigenvalue weighted by Gasteiger charge is -2.50. The monoisotopic (exact) mass is 386 g/mol. The smallest absolute Gasteiger partial charge is 0.410 e. The molecule has 6 rings (SSSR count). The summed E-state index contributed by atoms with van der Waals surface area (Å²) in [6.07, 6.45) is 2.21. The van der Waals surface area contributed by atoms with Crippen LogP contribution in [0.5, 0.6) is 11.5 Å². The summed E-state index contributed by atoms with van der Waals surface area (Å²) in [7, 11) is 0. The molecule has 5 heterocycles. The molecule has 0 aromatic heterocycles. The summed E-state index contributed by atoms with van der Waals surface area (Å²) in [6.45, 7) is 10.0. The fraction of sp³-hybridized carbons (Fsp3) is 0.682. The molecule has 1 aromatic rings. The number of nitrogens with zero attached hydrogens (tertiary/aromatic N) is 2. The van der Waals surface area contributed by atoms with Crippen LogP contribution in [-0.2, 0) is 4.74 Å². The average molecular weight is 386 g/mol. The molecule has 3 atom stereocenters. The number of hydrogen-bond donors (Lipinski definition) is 0. The molecule has 5 aliphatic rings. The van der Waals surface area contributed by atoms with E-state index in [1.807, 2.05) is 11.0 Å². The van der Waals surface area contributed by atoms with E-state index in [1.165, 1.54) is 18.4 Å². The zero-order valence-corrected chi connectivity index (χ0v) is 17.0. The van der Waals surface area contributed by atoms with E-state index in [1.54, 1.807) is 0 Å². The van der Waals surface area contributed by atoms with Crippen LogP contribution in [0.15, 0.2) is 18.2 Å². The van der Waals surface area contributed by atoms with E-state index in [2.05, 4.69) is 37.8 Å². The molecule has 0 spiro atoms. The van der Waals surface area contributed by atoms with Crippen LogP contribution in [-0.4, -0.2) is 61.0 Å². The van der Waals surface area contributed by atoms with Gasteiger partial charge in [-0.1, -0.05) is 26.8 Å². The minimum atomic E-state index is -0.151. The van der Waals surface area contributed by atoms with Crippen LogP contribution in [0.4, 0.5) is 4.79 Å². The molecule has 6 nitrogen and oxygen atoms in total. The second kappa shape index (κ2) is 6.55. The van der Waals surface area contributed by atoms with Gasteiger partial charge in [0.15, 0.2) is 11.5 Å². The van der Waals surface area contributed by atoms with Crippen molar-refractivity contribution < 1.29 is 19.0 Å². The largest absolute Gasteiger partial charge is 0.454 e. The third kappa shape index (κ3) is 3.02. The number of fused-ring (bicyclic) bond motifs is 3. The Morgan fingerprint density at radius 1 is 1.14 bits per heavy atom. The van der Waals surface area contributed by atoms with Gasteiger partial charge in [-0.25, -0.2) is 4.79 Å². The summed E-state index contributed by atoms with van der Waals surface area (Å²) in [5.41, 5.74) is 1.21. The van der Waals surface area contributed by atoms with E-state index in [0.717, 1.165) is 24.6 Å². The number of ether oxygens (including phenoxy) is 3. The predicted molar refractivity (Wildman–Crippen MR) is 105 cm³/mol. The van der Waals surface area contributed by atoms with Gasteiger partial charge < -0.3 is 19.1 Å². The zero-order valence-electron chi connectivity index (χ0n) is 17.0. The van der Waals surface area contributed by atoms with Crippen molar-refractivity contribution in [3.05, 3.63) is 23.8 Å². The molecule has 0 unspecified atom stereocenters. The molecule has 0 aliphatic carbocycles. The normalized spacial score (nSPS) is 33.1. The summed E-state index contributed by atoms with van der Waals surface area (Å²) >= 11 is 0. The molecule has 28 heavy (non-hydrogen) atoms. The topological polar surface area (TPSA) is 51.2 Å². The first-order valence-corrected chi connectivity index (χ1v) is 10.5. The highest BCUT2D eigenvalue weighted by Gasteiger charge is 2.55. The minimum Gasteiger partial charge on any atom is -0.454 e. The van der Waals surface area contributed by atoms with Gasteiger partial charge in [0.1, 0.15) is 0 Å². The predicted octanol–water partition coefficient (Wildman–Crippen LogP) is 3.46. The van der Waals surface area contributed by atoms with Gasteiger partial charge in [-0.15, -0.1) is 0 Å². The van der Waals surface area contributed by atoms with Crippen LogP contribution < -0.4 is 9.47 Å². The number of rotatable bonds is 2. The molecule has 6 heteroatoms. The van der Waals surface area contributed by atoms with Gasteiger partial charge in [-0.2, -0.15) is 0 Å². The maximum atomic E-state index is 13.0. The average Bonchev–Trinajstić information content (AvgIpc) is 3.31. The van der Waals surface area contributed by atoms with Crippen molar-refractivity contribution in [2.75, 3.05) is 33.0 Å². The van der Waals surface area contributed by atoms with E-state index in [-0.39, 0.29) is 30.3 Å². The number of carbonyl (C=O) groups excluding carboxylic acids is 1. The highest BCUT2D eigenvalue weighted by atomic mass is 16.7. The first-order valence-electron chi connectivity index (χ1n) is 10.5. The maximum absolute atomic E-state index is 13.0. The van der Waals surface area contributed by atoms with Crippen LogP contribution in [0, 0.1) is 11.3 Å². The van der Waals surface area contributed by atoms with Crippen molar-refractivity contribution >= 4 is 6.09 Å². The second-order valence-electron chi connectivity index (χ2n) is 9.84. The summed E-state index contributed by atoms with van der Waals surface area (Å²) in [5.74, 6) is 2.49. The Balaban J connectivity index is 1.43. The summed E-state index contributed by atoms with van der Waals surface area (Å²) in [4.78, 5) is 17.7. The first-order chi connectivity index (χ1) is 13.4. The van der Waals surface area contributed by atoms with Crippen LogP contribution in [0.25, 0.3) is 0 Å². The van der Waals surface area contributed by atoms with Crippen molar-refractivity contribution in [2.24, 2.45) is 11.3 Å². The fourth-order valence-electron chi connectivity index (χ4n) is 5.43. The second-order valence-corrected chi connectivity index (χ2v) is 9.84. The van der Waals surface area contributed by atoms with Gasteiger partial charge in [0.2, 0.25) is 6.79 Å². The molecular weight excluding hydrogens is 356 g/mol. The SMILES string of the molecule is CC(C)(C)COC(=O)N1C[C@H](c2ccc3c(c2)OCO3)[C@H]2[C@@H]1C1CCN2CC1. The molecule has 0 N–H and O–H groups in total. The van der Waals surface area contributed by atoms with Crippen molar-refractivity contribution in [3.63, 3.8) is 0 Å². The standard InChI is InChI=1S/C22H30N2O4/c1-22(2,3)12-26-21(25)24-11-16(15-4-5-17-18(10-15)28-13-27-17)20-19(24)14-6-8-23(20)9-7-14/h4-5,10,14,16,19-20H,6-9,11-13H2,1-3H3/t16-,19+,20+/m1/s1. The van der Waals surface area contributed by atoms with Gasteiger partial charge in [0, 0.05) is 18.5 Å². The molecule has 0 radical (unpaired) electrons. The lowest BCUT2D eigenvalue weighted by atomic mass is 9.75. The molecular formula is C22H30N2O4. The zero-order chi connectivity index (χ0) is 19.5. The molecule has 0 saturated carbocycles. The molecule has 152 valence electrons. The molecule has 1 aromatic carbocycles. The molecule has 2 bridgehead atoms. The van der Waals surface area contributed by atoms with Gasteiger partial charge >= 0.3 is 6.09 Å². The highest BCUT2D eigenvalue weighted by molar-refractivity contribution is 5.69. The molecule has 1 amide bonds. The highest BCUT2D eigenvalue weighted by Crippen LogP contribution is 2.48. The molecule has 4 fully saturated rings. The summed E-state index contributed by atoms with van der Waals surface area (Å²) in [5, 5.41) is 0. The number of piperidine rings is 3. The Bertz CT molecular complexity index is 766. The number of likely N-dealkylation sites (tertiary alicyclic amines) is 1. The Hall–Kier alpha value is -1.95. The van der Waals surface area contributed by atoms with Gasteiger partial charge in [-0.3, -0.25) is 4.90 Å². The number of carbonyl (C=O) groups is 1. The summed E-state index contributed by atoms with van der Waals surface area (Å²) in [6, 6.07) is 6.88. The van der Waals surface area contributed by atoms with Crippen molar-refractivity contribution in [1.29, 1.82) is 0 Å². The minimum absolute atomic E-state index is 0.0272. The first kappa shape index (κ1) is 18.1. The van der Waals surface area contributed by atoms with Crippen LogP contribution in [0.1, 0.15) is 45.1 Å². The number of benzene rings is 1. The molecule has 5 aliphatic heterocycles. The Morgan fingerprint density at radius 3 is 2.64 bits per heavy atom. The number of amides is 1. The van der Waals surface area contributed by atoms with E-state index >= 15 is 0 Å². The van der Waals surface area contributed by atoms with E-state index in [0.29, 0.717) is 25.1 Å². The van der Waals surface area contributed by atoms with E-state index < -0.39 is 0 Å². The fourth-order valence-corrected chi connectivity index (χ4v) is 5.43. The lowest BCUT2D eigenvalue weighted by Crippen LogP contribution is -2.60. The van der Waals surface area contributed by atoms with Crippen molar-refractivity contribution in [2.45, 2.75) is 51.6 Å². The Labute approximate surface area is 166 Å². The van der Waals surface area contributed by atoms with Crippen molar-refractivity contribution in [1.82, 2.24) is 9.80 Å². The number of hydrogen-bond acceptors (Lipinski definition) is 5. The van der Waals surface area contributed by atoms with E-state index in [4.69, 9.17) is 14.2 Å². The third-order valence-electron chi connectivity index (χ3n) is 6.68. The quantitative estimate of drug-likeness (QED) is 0.779. The van der Waals surface area contributed by atoms with Gasteiger partial charge in [-0.05, 0) is 55.0 Å². The molecule has 4 saturated heterocycles. The van der Waals surface area contributed by atoms with Crippen LogP contribution >= 0.6 is 0 Å².